The lowest BCUT2D eigenvalue weighted by Gasteiger charge is -2.38. The summed E-state index contributed by atoms with van der Waals surface area (Å²) in [6, 6.07) is 5.17. The first-order valence-corrected chi connectivity index (χ1v) is 6.85. The zero-order valence-electron chi connectivity index (χ0n) is 11.9. The molecule has 1 aliphatic rings. The molecule has 112 valence electrons. The zero-order valence-corrected chi connectivity index (χ0v) is 11.9. The minimum absolute atomic E-state index is 0.122. The van der Waals surface area contributed by atoms with Crippen LogP contribution in [0.1, 0.15) is 31.7 Å². The van der Waals surface area contributed by atoms with Gasteiger partial charge >= 0.3 is 6.61 Å². The Morgan fingerprint density at radius 2 is 2.10 bits per heavy atom. The number of halogens is 2. The van der Waals surface area contributed by atoms with Gasteiger partial charge in [-0.2, -0.15) is 8.78 Å². The lowest BCUT2D eigenvalue weighted by Crippen LogP contribution is -2.37. The number of hydrogen-bond acceptors (Lipinski definition) is 3. The average molecular weight is 285 g/mol. The second-order valence-electron chi connectivity index (χ2n) is 5.59. The van der Waals surface area contributed by atoms with Crippen LogP contribution in [-0.4, -0.2) is 20.3 Å². The number of rotatable bonds is 7. The van der Waals surface area contributed by atoms with Crippen molar-refractivity contribution in [3.63, 3.8) is 0 Å². The molecular formula is C15H21F2NO2. The summed E-state index contributed by atoms with van der Waals surface area (Å²) in [5.74, 6) is 0.454. The molecule has 1 aromatic carbocycles. The maximum absolute atomic E-state index is 12.5. The molecule has 2 rings (SSSR count). The van der Waals surface area contributed by atoms with Crippen LogP contribution in [-0.2, 0) is 6.54 Å². The Bertz CT molecular complexity index is 447. The highest BCUT2D eigenvalue weighted by Gasteiger charge is 2.31. The summed E-state index contributed by atoms with van der Waals surface area (Å²) in [6.45, 7) is 0.771. The predicted octanol–water partition coefficient (Wildman–Crippen LogP) is 3.58. The monoisotopic (exact) mass is 285 g/mol. The van der Waals surface area contributed by atoms with Crippen LogP contribution in [0.3, 0.4) is 0 Å². The van der Waals surface area contributed by atoms with Crippen LogP contribution in [0.15, 0.2) is 18.2 Å². The van der Waals surface area contributed by atoms with Crippen LogP contribution in [0.2, 0.25) is 0 Å². The Morgan fingerprint density at radius 3 is 2.65 bits per heavy atom. The standard InChI is InChI=1S/C15H21F2NO2/c1-15(7-4-8-15)10-18-9-11-5-3-6-12(19-2)13(11)20-14(16)17/h3,5-6,14,18H,4,7-10H2,1-2H3. The van der Waals surface area contributed by atoms with E-state index in [1.54, 1.807) is 18.2 Å². The van der Waals surface area contributed by atoms with E-state index < -0.39 is 6.61 Å². The first-order chi connectivity index (χ1) is 9.54. The molecule has 1 fully saturated rings. The molecule has 0 aliphatic heterocycles. The van der Waals surface area contributed by atoms with Gasteiger partial charge in [0.05, 0.1) is 7.11 Å². The molecule has 1 saturated carbocycles. The van der Waals surface area contributed by atoms with Gasteiger partial charge in [0.2, 0.25) is 0 Å². The molecule has 0 heterocycles. The van der Waals surface area contributed by atoms with Crippen molar-refractivity contribution in [2.45, 2.75) is 39.3 Å². The SMILES string of the molecule is COc1cccc(CNCC2(C)CCC2)c1OC(F)F. The van der Waals surface area contributed by atoms with Crippen molar-refractivity contribution in [1.82, 2.24) is 5.32 Å². The van der Waals surface area contributed by atoms with E-state index in [0.717, 1.165) is 6.54 Å². The Kier molecular flexibility index (Phi) is 4.81. The Balaban J connectivity index is 2.01. The van der Waals surface area contributed by atoms with E-state index in [-0.39, 0.29) is 5.75 Å². The molecule has 0 atom stereocenters. The highest BCUT2D eigenvalue weighted by atomic mass is 19.3. The van der Waals surface area contributed by atoms with Gasteiger partial charge in [-0.3, -0.25) is 0 Å². The van der Waals surface area contributed by atoms with E-state index >= 15 is 0 Å². The molecule has 1 aromatic rings. The van der Waals surface area contributed by atoms with Crippen LogP contribution >= 0.6 is 0 Å². The first-order valence-electron chi connectivity index (χ1n) is 6.85. The number of methoxy groups -OCH3 is 1. The van der Waals surface area contributed by atoms with E-state index in [4.69, 9.17) is 4.74 Å². The summed E-state index contributed by atoms with van der Waals surface area (Å²) in [4.78, 5) is 0. The summed E-state index contributed by atoms with van der Waals surface area (Å²) in [5.41, 5.74) is 1.04. The molecule has 0 unspecified atom stereocenters. The van der Waals surface area contributed by atoms with Crippen LogP contribution in [0, 0.1) is 5.41 Å². The molecule has 5 heteroatoms. The predicted molar refractivity (Wildman–Crippen MR) is 73.3 cm³/mol. The third-order valence-electron chi connectivity index (χ3n) is 3.92. The van der Waals surface area contributed by atoms with E-state index in [9.17, 15) is 8.78 Å². The molecule has 0 saturated heterocycles. The molecule has 0 aromatic heterocycles. The minimum Gasteiger partial charge on any atom is -0.493 e. The van der Waals surface area contributed by atoms with Gasteiger partial charge in [-0.15, -0.1) is 0 Å². The van der Waals surface area contributed by atoms with Crippen LogP contribution in [0.25, 0.3) is 0 Å². The number of hydrogen-bond donors (Lipinski definition) is 1. The lowest BCUT2D eigenvalue weighted by atomic mass is 9.70. The fraction of sp³-hybridized carbons (Fsp3) is 0.600. The molecule has 1 N–H and O–H groups in total. The van der Waals surface area contributed by atoms with E-state index in [2.05, 4.69) is 17.0 Å². The first kappa shape index (κ1) is 15.0. The molecule has 0 bridgehead atoms. The molecular weight excluding hydrogens is 264 g/mol. The van der Waals surface area contributed by atoms with Gasteiger partial charge < -0.3 is 14.8 Å². The summed E-state index contributed by atoms with van der Waals surface area (Å²) in [5, 5.41) is 3.33. The van der Waals surface area contributed by atoms with E-state index in [1.165, 1.54) is 26.4 Å². The molecule has 1 aliphatic carbocycles. The highest BCUT2D eigenvalue weighted by Crippen LogP contribution is 2.39. The summed E-state index contributed by atoms with van der Waals surface area (Å²) < 4.78 is 34.7. The molecule has 0 radical (unpaired) electrons. The molecule has 3 nitrogen and oxygen atoms in total. The number of ether oxygens (including phenoxy) is 2. The Hall–Kier alpha value is -1.36. The smallest absolute Gasteiger partial charge is 0.387 e. The van der Waals surface area contributed by atoms with Gasteiger partial charge in [-0.25, -0.2) is 0 Å². The van der Waals surface area contributed by atoms with Crippen molar-refractivity contribution in [1.29, 1.82) is 0 Å². The second-order valence-corrected chi connectivity index (χ2v) is 5.59. The van der Waals surface area contributed by atoms with Crippen molar-refractivity contribution < 1.29 is 18.3 Å². The maximum Gasteiger partial charge on any atom is 0.387 e. The fourth-order valence-corrected chi connectivity index (χ4v) is 2.54. The maximum atomic E-state index is 12.5. The van der Waals surface area contributed by atoms with Crippen molar-refractivity contribution >= 4 is 0 Å². The van der Waals surface area contributed by atoms with Crippen molar-refractivity contribution in [2.75, 3.05) is 13.7 Å². The summed E-state index contributed by atoms with van der Waals surface area (Å²) in [6.07, 6.45) is 3.72. The van der Waals surface area contributed by atoms with Crippen LogP contribution < -0.4 is 14.8 Å². The number of para-hydroxylation sites is 1. The Morgan fingerprint density at radius 1 is 1.35 bits per heavy atom. The van der Waals surface area contributed by atoms with Gasteiger partial charge in [-0.1, -0.05) is 25.5 Å². The summed E-state index contributed by atoms with van der Waals surface area (Å²) in [7, 11) is 1.44. The van der Waals surface area contributed by atoms with E-state index in [0.29, 0.717) is 23.3 Å². The normalized spacial score (nSPS) is 16.9. The number of benzene rings is 1. The van der Waals surface area contributed by atoms with E-state index in [1.807, 2.05) is 0 Å². The quantitative estimate of drug-likeness (QED) is 0.830. The van der Waals surface area contributed by atoms with Crippen LogP contribution in [0.4, 0.5) is 8.78 Å². The third-order valence-corrected chi connectivity index (χ3v) is 3.92. The van der Waals surface area contributed by atoms with Gasteiger partial charge in [-0.05, 0) is 24.3 Å². The highest BCUT2D eigenvalue weighted by molar-refractivity contribution is 5.46. The molecule has 20 heavy (non-hydrogen) atoms. The van der Waals surface area contributed by atoms with Gasteiger partial charge in [0.15, 0.2) is 11.5 Å². The average Bonchev–Trinajstić information content (AvgIpc) is 2.38. The Labute approximate surface area is 118 Å². The molecule has 0 spiro atoms. The second kappa shape index (κ2) is 6.39. The minimum atomic E-state index is -2.85. The van der Waals surface area contributed by atoms with Gasteiger partial charge in [0.1, 0.15) is 0 Å². The largest absolute Gasteiger partial charge is 0.493 e. The lowest BCUT2D eigenvalue weighted by molar-refractivity contribution is -0.0519. The molecule has 0 amide bonds. The van der Waals surface area contributed by atoms with Crippen molar-refractivity contribution in [3.8, 4) is 11.5 Å². The fourth-order valence-electron chi connectivity index (χ4n) is 2.54. The van der Waals surface area contributed by atoms with Crippen molar-refractivity contribution in [3.05, 3.63) is 23.8 Å². The van der Waals surface area contributed by atoms with Crippen LogP contribution in [0.5, 0.6) is 11.5 Å². The van der Waals surface area contributed by atoms with Gasteiger partial charge in [0, 0.05) is 18.7 Å². The number of alkyl halides is 2. The topological polar surface area (TPSA) is 30.5 Å². The number of nitrogens with one attached hydrogen (secondary N) is 1. The zero-order chi connectivity index (χ0) is 14.6. The summed E-state index contributed by atoms with van der Waals surface area (Å²) >= 11 is 0. The third kappa shape index (κ3) is 3.60. The van der Waals surface area contributed by atoms with Crippen molar-refractivity contribution in [2.24, 2.45) is 5.41 Å². The van der Waals surface area contributed by atoms with Gasteiger partial charge in [0.25, 0.3) is 0 Å².